The number of thiazole rings is 1. The van der Waals surface area contributed by atoms with Gasteiger partial charge in [-0.25, -0.2) is 4.79 Å². The van der Waals surface area contributed by atoms with Gasteiger partial charge in [-0.05, 0) is 80.8 Å². The molecule has 1 atom stereocenters. The van der Waals surface area contributed by atoms with E-state index in [0.29, 0.717) is 62.3 Å². The summed E-state index contributed by atoms with van der Waals surface area (Å²) in [5, 5.41) is 11.3. The van der Waals surface area contributed by atoms with Crippen LogP contribution in [0.25, 0.3) is 32.2 Å². The van der Waals surface area contributed by atoms with Crippen LogP contribution in [0.2, 0.25) is 0 Å². The topological polar surface area (TPSA) is 90.7 Å². The van der Waals surface area contributed by atoms with E-state index in [2.05, 4.69) is 0 Å². The number of halogens is 3. The number of nitrogens with zero attached hydrogens (tertiary/aromatic N) is 2. The van der Waals surface area contributed by atoms with E-state index < -0.39 is 34.3 Å². The van der Waals surface area contributed by atoms with E-state index >= 15 is 0 Å². The van der Waals surface area contributed by atoms with Gasteiger partial charge in [-0.1, -0.05) is 23.5 Å². The maximum Gasteiger partial charge on any atom is 0.416 e. The molecule has 0 spiro atoms. The third kappa shape index (κ3) is 5.35. The number of ether oxygens (including phenoxy) is 2. The fourth-order valence-corrected chi connectivity index (χ4v) is 6.86. The number of carboxylic acids is 1. The van der Waals surface area contributed by atoms with E-state index in [1.807, 2.05) is 18.2 Å². The molecule has 7 nitrogen and oxygen atoms in total. The van der Waals surface area contributed by atoms with Crippen LogP contribution in [0.15, 0.2) is 59.5 Å². The van der Waals surface area contributed by atoms with Crippen molar-refractivity contribution in [2.45, 2.75) is 58.5 Å². The van der Waals surface area contributed by atoms with Gasteiger partial charge in [0, 0.05) is 34.7 Å². The Bertz CT molecular complexity index is 2000. The van der Waals surface area contributed by atoms with E-state index in [9.17, 15) is 27.9 Å². The summed E-state index contributed by atoms with van der Waals surface area (Å²) in [5.74, 6) is -0.530. The Labute approximate surface area is 254 Å². The molecule has 1 aliphatic heterocycles. The molecule has 5 aromatic rings. The number of carbonyl (C=O) groups is 1. The molecule has 0 fully saturated rings. The van der Waals surface area contributed by atoms with Gasteiger partial charge in [0.25, 0.3) is 0 Å². The molecule has 1 N–H and O–H groups in total. The van der Waals surface area contributed by atoms with Crippen LogP contribution in [0.1, 0.15) is 54.7 Å². The van der Waals surface area contributed by atoms with Crippen LogP contribution >= 0.6 is 11.3 Å². The van der Waals surface area contributed by atoms with Crippen molar-refractivity contribution in [2.75, 3.05) is 6.61 Å². The fourth-order valence-electron chi connectivity index (χ4n) is 5.81. The van der Waals surface area contributed by atoms with Crippen LogP contribution in [0.5, 0.6) is 5.75 Å². The highest BCUT2D eigenvalue weighted by Crippen LogP contribution is 2.46. The summed E-state index contributed by atoms with van der Waals surface area (Å²) < 4.78 is 54.3. The van der Waals surface area contributed by atoms with Crippen LogP contribution < -0.4 is 9.61 Å². The average molecular weight is 623 g/mol. The lowest BCUT2D eigenvalue weighted by atomic mass is 9.89. The molecule has 3 aromatic carbocycles. The Morgan fingerprint density at radius 3 is 2.64 bits per heavy atom. The summed E-state index contributed by atoms with van der Waals surface area (Å²) in [6.07, 6.45) is -3.53. The molecule has 0 unspecified atom stereocenters. The van der Waals surface area contributed by atoms with Crippen LogP contribution in [-0.2, 0) is 28.7 Å². The van der Waals surface area contributed by atoms with Crippen molar-refractivity contribution in [2.24, 2.45) is 0 Å². The molecule has 0 bridgehead atoms. The van der Waals surface area contributed by atoms with Gasteiger partial charge in [0.15, 0.2) is 6.10 Å². The molecule has 1 aliphatic rings. The first kappa shape index (κ1) is 29.8. The van der Waals surface area contributed by atoms with Gasteiger partial charge in [0.05, 0.1) is 40.0 Å². The second-order valence-electron chi connectivity index (χ2n) is 11.8. The summed E-state index contributed by atoms with van der Waals surface area (Å²) in [5.41, 5.74) is 2.83. The normalized spacial score (nSPS) is 14.2. The van der Waals surface area contributed by atoms with Gasteiger partial charge in [-0.15, -0.1) is 0 Å². The summed E-state index contributed by atoms with van der Waals surface area (Å²) in [6, 6.07) is 12.2. The third-order valence-electron chi connectivity index (χ3n) is 7.60. The summed E-state index contributed by atoms with van der Waals surface area (Å²) >= 11 is 0.914. The molecule has 228 valence electrons. The zero-order valence-corrected chi connectivity index (χ0v) is 25.2. The first-order valence-corrected chi connectivity index (χ1v) is 14.8. The second-order valence-corrected chi connectivity index (χ2v) is 12.8. The lowest BCUT2D eigenvalue weighted by Gasteiger charge is -2.28. The van der Waals surface area contributed by atoms with Gasteiger partial charge in [-0.2, -0.15) is 13.2 Å². The van der Waals surface area contributed by atoms with Gasteiger partial charge < -0.3 is 14.6 Å². The Morgan fingerprint density at radius 2 is 1.93 bits per heavy atom. The highest BCUT2D eigenvalue weighted by Gasteiger charge is 2.34. The lowest BCUT2D eigenvalue weighted by Crippen LogP contribution is -2.28. The number of fused-ring (bicyclic) bond motifs is 1. The molecule has 2 aromatic heterocycles. The molecule has 6 rings (SSSR count). The molecule has 0 radical (unpaired) electrons. The molecule has 0 saturated heterocycles. The van der Waals surface area contributed by atoms with E-state index in [-0.39, 0.29) is 6.54 Å². The van der Waals surface area contributed by atoms with Crippen molar-refractivity contribution in [1.29, 1.82) is 0 Å². The number of pyridine rings is 1. The molecular formula is C33H29F3N2O5S. The molecule has 0 aliphatic carbocycles. The second kappa shape index (κ2) is 10.7. The van der Waals surface area contributed by atoms with Crippen molar-refractivity contribution in [3.8, 4) is 16.9 Å². The number of aliphatic carboxylic acids is 1. The molecule has 3 heterocycles. The quantitative estimate of drug-likeness (QED) is 0.211. The minimum absolute atomic E-state index is 0.0995. The number of aromatic nitrogens is 2. The minimum atomic E-state index is -4.53. The van der Waals surface area contributed by atoms with Crippen LogP contribution in [0.3, 0.4) is 0 Å². The molecular weight excluding hydrogens is 593 g/mol. The number of hydrogen-bond acceptors (Lipinski definition) is 6. The monoisotopic (exact) mass is 622 g/mol. The van der Waals surface area contributed by atoms with Crippen molar-refractivity contribution in [3.05, 3.63) is 92.2 Å². The smallest absolute Gasteiger partial charge is 0.416 e. The Kier molecular flexibility index (Phi) is 7.28. The number of alkyl halides is 3. The minimum Gasteiger partial charge on any atom is -0.493 e. The molecule has 0 amide bonds. The highest BCUT2D eigenvalue weighted by molar-refractivity contribution is 7.17. The van der Waals surface area contributed by atoms with Gasteiger partial charge in [0.2, 0.25) is 0 Å². The number of aryl methyl sites for hydroxylation is 1. The summed E-state index contributed by atoms with van der Waals surface area (Å²) in [6.45, 7) is 7.47. The van der Waals surface area contributed by atoms with Crippen molar-refractivity contribution in [3.63, 3.8) is 0 Å². The van der Waals surface area contributed by atoms with E-state index in [1.165, 1.54) is 10.6 Å². The zero-order chi connectivity index (χ0) is 31.6. The molecule has 11 heteroatoms. The Balaban J connectivity index is 1.66. The maximum atomic E-state index is 13.6. The Morgan fingerprint density at radius 1 is 1.16 bits per heavy atom. The van der Waals surface area contributed by atoms with Gasteiger partial charge in [0.1, 0.15) is 5.75 Å². The number of benzene rings is 3. The highest BCUT2D eigenvalue weighted by atomic mass is 32.1. The number of rotatable bonds is 6. The SMILES string of the molecule is Cc1cc2c(sc(=O)n2Cc2cccc(C(F)(F)F)c2)c(-c2ccc3c4c(ccnc24)CCO3)c1[C@H](OC(C)(C)C)C(=O)O. The third-order valence-corrected chi connectivity index (χ3v) is 8.61. The van der Waals surface area contributed by atoms with Crippen molar-refractivity contribution >= 4 is 38.4 Å². The van der Waals surface area contributed by atoms with Crippen LogP contribution in [-0.4, -0.2) is 32.8 Å². The van der Waals surface area contributed by atoms with Crippen molar-refractivity contribution in [1.82, 2.24) is 9.55 Å². The van der Waals surface area contributed by atoms with Crippen LogP contribution in [0.4, 0.5) is 13.2 Å². The standard InChI is InChI=1S/C33H29F3N2O5S/c1-17-14-22-29(44-31(41)38(22)16-18-6-5-7-20(15-18)33(34,35)36)26(24(17)28(30(39)40)43-32(2,3)4)21-8-9-23-25-19(11-13-42-23)10-12-37-27(21)25/h5-10,12,14-15,28H,11,13,16H2,1-4H3,(H,39,40)/t28-/m0/s1. The van der Waals surface area contributed by atoms with Crippen LogP contribution in [0, 0.1) is 6.92 Å². The van der Waals surface area contributed by atoms with Crippen molar-refractivity contribution < 1.29 is 32.5 Å². The zero-order valence-electron chi connectivity index (χ0n) is 24.4. The largest absolute Gasteiger partial charge is 0.493 e. The first-order valence-electron chi connectivity index (χ1n) is 14.0. The number of hydrogen-bond donors (Lipinski definition) is 1. The summed E-state index contributed by atoms with van der Waals surface area (Å²) in [4.78, 5) is 30.7. The first-order chi connectivity index (χ1) is 20.7. The predicted octanol–water partition coefficient (Wildman–Crippen LogP) is 7.53. The molecule has 0 saturated carbocycles. The summed E-state index contributed by atoms with van der Waals surface area (Å²) in [7, 11) is 0. The fraction of sp³-hybridized carbons (Fsp3) is 0.303. The maximum absolute atomic E-state index is 13.6. The average Bonchev–Trinajstić information content (AvgIpc) is 3.25. The number of carboxylic acid groups (broad SMARTS) is 1. The van der Waals surface area contributed by atoms with Gasteiger partial charge >= 0.3 is 17.0 Å². The lowest BCUT2D eigenvalue weighted by molar-refractivity contribution is -0.160. The Hall–Kier alpha value is -4.22. The van der Waals surface area contributed by atoms with E-state index in [0.717, 1.165) is 34.4 Å². The van der Waals surface area contributed by atoms with Gasteiger partial charge in [-0.3, -0.25) is 14.3 Å². The van der Waals surface area contributed by atoms with E-state index in [4.69, 9.17) is 14.5 Å². The predicted molar refractivity (Wildman–Crippen MR) is 163 cm³/mol. The molecule has 44 heavy (non-hydrogen) atoms. The van der Waals surface area contributed by atoms with E-state index in [1.54, 1.807) is 46.0 Å².